The molecule has 3 rings (SSSR count). The number of methoxy groups -OCH3 is 1. The molecule has 0 spiro atoms. The van der Waals surface area contributed by atoms with Crippen molar-refractivity contribution in [3.63, 3.8) is 0 Å². The third-order valence-electron chi connectivity index (χ3n) is 4.79. The third kappa shape index (κ3) is 2.34. The highest BCUT2D eigenvalue weighted by molar-refractivity contribution is 5.99. The number of Topliss-reactive ketones (excluding diaryl/α,β-unsaturated/α-hetero) is 2. The monoisotopic (exact) mass is 381 g/mol. The average Bonchev–Trinajstić information content (AvgIpc) is 3.13. The number of ether oxygens (including phenoxy) is 2. The van der Waals surface area contributed by atoms with Crippen molar-refractivity contribution in [3.05, 3.63) is 6.33 Å². The molecule has 0 aliphatic carbocycles. The number of nitrogens with zero attached hydrogens (tertiary/aromatic N) is 4. The molecule has 12 nitrogen and oxygen atoms in total. The molecule has 2 aromatic rings. The summed E-state index contributed by atoms with van der Waals surface area (Å²) in [5.41, 5.74) is 0.442. The number of aliphatic hydroxyl groups excluding tert-OH is 1. The van der Waals surface area contributed by atoms with Crippen molar-refractivity contribution in [1.82, 2.24) is 19.5 Å². The second-order valence-corrected chi connectivity index (χ2v) is 6.22. The number of hydrogen-bond acceptors (Lipinski definition) is 11. The normalized spacial score (nSPS) is 30.6. The molecule has 27 heavy (non-hydrogen) atoms. The molecule has 1 aliphatic heterocycles. The largest absolute Gasteiger partial charge is 0.479 e. The molecule has 0 radical (unpaired) electrons. The molecule has 5 N–H and O–H groups in total. The van der Waals surface area contributed by atoms with Crippen LogP contribution < -0.4 is 10.5 Å². The number of aromatic nitrogens is 4. The zero-order valence-electron chi connectivity index (χ0n) is 14.8. The van der Waals surface area contributed by atoms with E-state index in [9.17, 15) is 24.9 Å². The van der Waals surface area contributed by atoms with Crippen LogP contribution in [0.5, 0.6) is 5.88 Å². The first-order chi connectivity index (χ1) is 12.6. The molecular formula is C15H19N5O7. The molecule has 0 bridgehead atoms. The van der Waals surface area contributed by atoms with Crippen LogP contribution in [0.4, 0.5) is 5.95 Å². The number of ketones is 2. The van der Waals surface area contributed by atoms with Gasteiger partial charge in [0.15, 0.2) is 34.6 Å². The van der Waals surface area contributed by atoms with E-state index in [0.29, 0.717) is 0 Å². The van der Waals surface area contributed by atoms with Crippen LogP contribution >= 0.6 is 0 Å². The van der Waals surface area contributed by atoms with Crippen LogP contribution in [0.2, 0.25) is 0 Å². The Kier molecular flexibility index (Phi) is 4.38. The number of fused-ring (bicyclic) bond motifs is 1. The predicted octanol–water partition coefficient (Wildman–Crippen LogP) is -2.05. The van der Waals surface area contributed by atoms with Crippen LogP contribution in [0.25, 0.3) is 11.2 Å². The van der Waals surface area contributed by atoms with Crippen molar-refractivity contribution in [1.29, 1.82) is 0 Å². The van der Waals surface area contributed by atoms with Gasteiger partial charge in [-0.2, -0.15) is 9.97 Å². The summed E-state index contributed by atoms with van der Waals surface area (Å²) in [4.78, 5) is 36.4. The Hall–Kier alpha value is -2.67. The molecular weight excluding hydrogens is 362 g/mol. The van der Waals surface area contributed by atoms with E-state index in [1.807, 2.05) is 0 Å². The van der Waals surface area contributed by atoms with Crippen molar-refractivity contribution in [2.75, 3.05) is 19.5 Å². The molecule has 1 fully saturated rings. The SMILES string of the molecule is COc1nc(N)nc2c1ncn2[C@@H]1O[C@H](CO)[C@](O)(C(C)=O)[C@@]1(O)C(C)=O. The van der Waals surface area contributed by atoms with E-state index in [2.05, 4.69) is 15.0 Å². The molecule has 4 atom stereocenters. The van der Waals surface area contributed by atoms with Gasteiger partial charge in [-0.05, 0) is 13.8 Å². The lowest BCUT2D eigenvalue weighted by atomic mass is 9.75. The lowest BCUT2D eigenvalue weighted by Crippen LogP contribution is -2.66. The number of carbonyl (C=O) groups excluding carboxylic acids is 2. The maximum absolute atomic E-state index is 12.3. The quantitative estimate of drug-likeness (QED) is 0.447. The summed E-state index contributed by atoms with van der Waals surface area (Å²) in [5, 5.41) is 31.6. The van der Waals surface area contributed by atoms with Gasteiger partial charge < -0.3 is 30.5 Å². The van der Waals surface area contributed by atoms with Gasteiger partial charge in [-0.1, -0.05) is 0 Å². The van der Waals surface area contributed by atoms with E-state index in [0.717, 1.165) is 18.4 Å². The number of aliphatic hydroxyl groups is 3. The smallest absolute Gasteiger partial charge is 0.246 e. The van der Waals surface area contributed by atoms with Gasteiger partial charge in [0.2, 0.25) is 17.4 Å². The van der Waals surface area contributed by atoms with Gasteiger partial charge in [-0.3, -0.25) is 14.2 Å². The fourth-order valence-corrected chi connectivity index (χ4v) is 3.39. The summed E-state index contributed by atoms with van der Waals surface area (Å²) in [7, 11) is 1.34. The van der Waals surface area contributed by atoms with Crippen LogP contribution in [0.1, 0.15) is 20.1 Å². The number of hydrogen-bond donors (Lipinski definition) is 4. The van der Waals surface area contributed by atoms with Crippen LogP contribution in [0.15, 0.2) is 6.33 Å². The maximum atomic E-state index is 12.3. The Morgan fingerprint density at radius 1 is 1.30 bits per heavy atom. The molecule has 1 aliphatic rings. The lowest BCUT2D eigenvalue weighted by molar-refractivity contribution is -0.181. The third-order valence-corrected chi connectivity index (χ3v) is 4.79. The molecule has 0 saturated carbocycles. The summed E-state index contributed by atoms with van der Waals surface area (Å²) < 4.78 is 11.7. The zero-order chi connectivity index (χ0) is 20.1. The number of carbonyl (C=O) groups is 2. The van der Waals surface area contributed by atoms with Crippen LogP contribution in [-0.4, -0.2) is 77.4 Å². The predicted molar refractivity (Wildman–Crippen MR) is 88.5 cm³/mol. The zero-order valence-corrected chi connectivity index (χ0v) is 14.8. The topological polar surface area (TPSA) is 183 Å². The Balaban J connectivity index is 2.28. The van der Waals surface area contributed by atoms with Gasteiger partial charge >= 0.3 is 0 Å². The number of imidazole rings is 1. The average molecular weight is 381 g/mol. The van der Waals surface area contributed by atoms with Gasteiger partial charge in [0.05, 0.1) is 20.0 Å². The first kappa shape index (κ1) is 19.1. The Labute approximate surface area is 152 Å². The number of nitrogens with two attached hydrogens (primary N) is 1. The van der Waals surface area contributed by atoms with Gasteiger partial charge in [0, 0.05) is 0 Å². The summed E-state index contributed by atoms with van der Waals surface area (Å²) in [6.45, 7) is 1.15. The van der Waals surface area contributed by atoms with Crippen LogP contribution in [0, 0.1) is 0 Å². The minimum Gasteiger partial charge on any atom is -0.479 e. The van der Waals surface area contributed by atoms with Crippen LogP contribution in [0.3, 0.4) is 0 Å². The molecule has 3 heterocycles. The highest BCUT2D eigenvalue weighted by Gasteiger charge is 2.71. The maximum Gasteiger partial charge on any atom is 0.246 e. The van der Waals surface area contributed by atoms with E-state index in [1.165, 1.54) is 13.4 Å². The Bertz CT molecular complexity index is 931. The standard InChI is InChI=1S/C15H19N5O7/c1-6(22)14(24)8(4-21)27-12(15(14,25)7(2)23)20-5-17-9-10(20)18-13(16)19-11(9)26-3/h5,8,12,21,24-25H,4H2,1-3H3,(H2,16,18,19)/t8-,12-,14-,15-/m1/s1. The molecule has 1 saturated heterocycles. The molecule has 146 valence electrons. The fourth-order valence-electron chi connectivity index (χ4n) is 3.39. The molecule has 12 heteroatoms. The van der Waals surface area contributed by atoms with Crippen molar-refractivity contribution in [3.8, 4) is 5.88 Å². The van der Waals surface area contributed by atoms with E-state index in [-0.39, 0.29) is 23.0 Å². The van der Waals surface area contributed by atoms with E-state index < -0.39 is 41.7 Å². The lowest BCUT2D eigenvalue weighted by Gasteiger charge is -2.36. The minimum atomic E-state index is -2.72. The van der Waals surface area contributed by atoms with E-state index in [1.54, 1.807) is 0 Å². The summed E-state index contributed by atoms with van der Waals surface area (Å²) in [6.07, 6.45) is -2.02. The van der Waals surface area contributed by atoms with Gasteiger partial charge in [-0.25, -0.2) is 4.98 Å². The Morgan fingerprint density at radius 2 is 1.93 bits per heavy atom. The Morgan fingerprint density at radius 3 is 2.44 bits per heavy atom. The van der Waals surface area contributed by atoms with E-state index >= 15 is 0 Å². The molecule has 0 unspecified atom stereocenters. The highest BCUT2D eigenvalue weighted by atomic mass is 16.6. The van der Waals surface area contributed by atoms with Crippen molar-refractivity contribution in [2.45, 2.75) is 37.4 Å². The second-order valence-electron chi connectivity index (χ2n) is 6.22. The first-order valence-electron chi connectivity index (χ1n) is 7.90. The fraction of sp³-hybridized carbons (Fsp3) is 0.533. The molecule has 2 aromatic heterocycles. The van der Waals surface area contributed by atoms with Gasteiger partial charge in [-0.15, -0.1) is 0 Å². The molecule has 0 aromatic carbocycles. The van der Waals surface area contributed by atoms with E-state index in [4.69, 9.17) is 15.2 Å². The summed E-state index contributed by atoms with van der Waals surface area (Å²) in [6, 6.07) is 0. The summed E-state index contributed by atoms with van der Waals surface area (Å²) in [5.74, 6) is -2.03. The highest BCUT2D eigenvalue weighted by Crippen LogP contribution is 2.47. The van der Waals surface area contributed by atoms with Gasteiger partial charge in [0.1, 0.15) is 6.10 Å². The second kappa shape index (κ2) is 6.20. The number of rotatable bonds is 5. The van der Waals surface area contributed by atoms with Crippen molar-refractivity contribution in [2.24, 2.45) is 0 Å². The van der Waals surface area contributed by atoms with Gasteiger partial charge in [0.25, 0.3) is 0 Å². The van der Waals surface area contributed by atoms with Crippen molar-refractivity contribution < 1.29 is 34.4 Å². The first-order valence-corrected chi connectivity index (χ1v) is 7.90. The molecule has 0 amide bonds. The number of anilines is 1. The van der Waals surface area contributed by atoms with Crippen molar-refractivity contribution >= 4 is 28.7 Å². The minimum absolute atomic E-state index is 0.0357. The summed E-state index contributed by atoms with van der Waals surface area (Å²) >= 11 is 0. The number of nitrogen functional groups attached to an aromatic ring is 1. The van der Waals surface area contributed by atoms with Crippen LogP contribution in [-0.2, 0) is 14.3 Å².